The van der Waals surface area contributed by atoms with Crippen molar-refractivity contribution in [1.82, 2.24) is 19.9 Å². The van der Waals surface area contributed by atoms with Crippen LogP contribution in [-0.2, 0) is 42.8 Å². The second kappa shape index (κ2) is 9.08. The molecular formula is C20H14CuN4O2Ti. The second-order valence-corrected chi connectivity index (χ2v) is 6.25. The van der Waals surface area contributed by atoms with Crippen LogP contribution in [0.5, 0.6) is 0 Å². The molecule has 5 rings (SSSR count). The standard InChI is InChI=1S/C20H14N4.Cu.2O.Ti/c1-2-14-10-16-5-6-18(23-16)12-20-8-7-19(24-20)11-17-4-3-15(22-17)9-13(1)21-14;;;;/h1-12,21-22H;;;;. The van der Waals surface area contributed by atoms with Crippen molar-refractivity contribution in [2.75, 3.05) is 0 Å². The van der Waals surface area contributed by atoms with Crippen LogP contribution in [0.4, 0.5) is 0 Å². The topological polar surface area (TPSA) is 91.5 Å². The molecule has 1 radical (unpaired) electrons. The molecule has 5 heterocycles. The first-order valence-electron chi connectivity index (χ1n) is 8.25. The monoisotopic (exact) mass is 453 g/mol. The van der Waals surface area contributed by atoms with E-state index < -0.39 is 19.1 Å². The van der Waals surface area contributed by atoms with Crippen LogP contribution in [0, 0.1) is 0 Å². The minimum atomic E-state index is -2.00. The van der Waals surface area contributed by atoms with Gasteiger partial charge in [0.05, 0.1) is 22.8 Å². The van der Waals surface area contributed by atoms with Crippen molar-refractivity contribution in [1.29, 1.82) is 0 Å². The van der Waals surface area contributed by atoms with E-state index in [4.69, 9.17) is 6.65 Å². The molecule has 3 aromatic heterocycles. The van der Waals surface area contributed by atoms with Crippen LogP contribution in [0.3, 0.4) is 0 Å². The summed E-state index contributed by atoms with van der Waals surface area (Å²) in [6.45, 7) is 0. The molecule has 2 N–H and O–H groups in total. The van der Waals surface area contributed by atoms with E-state index in [1.165, 1.54) is 0 Å². The Morgan fingerprint density at radius 2 is 0.893 bits per heavy atom. The van der Waals surface area contributed by atoms with Crippen LogP contribution in [-0.4, -0.2) is 19.9 Å². The summed E-state index contributed by atoms with van der Waals surface area (Å²) in [5, 5.41) is 0. The van der Waals surface area contributed by atoms with Crippen molar-refractivity contribution in [2.24, 2.45) is 0 Å². The van der Waals surface area contributed by atoms with Gasteiger partial charge in [-0.15, -0.1) is 0 Å². The molecule has 0 saturated heterocycles. The molecule has 0 aliphatic carbocycles. The van der Waals surface area contributed by atoms with Gasteiger partial charge in [0.25, 0.3) is 0 Å². The van der Waals surface area contributed by atoms with Crippen LogP contribution in [0.1, 0.15) is 22.8 Å². The summed E-state index contributed by atoms with van der Waals surface area (Å²) in [4.78, 5) is 16.0. The molecule has 0 unspecified atom stereocenters. The molecule has 0 amide bonds. The minimum absolute atomic E-state index is 0. The zero-order valence-corrected chi connectivity index (χ0v) is 16.9. The first-order chi connectivity index (χ1) is 13.2. The summed E-state index contributed by atoms with van der Waals surface area (Å²) in [6.07, 6.45) is 8.05. The van der Waals surface area contributed by atoms with Gasteiger partial charge in [-0.05, 0) is 72.8 Å². The van der Waals surface area contributed by atoms with Crippen LogP contribution in [0.2, 0.25) is 0 Å². The van der Waals surface area contributed by atoms with Crippen molar-refractivity contribution in [3.05, 3.63) is 71.3 Å². The fourth-order valence-corrected chi connectivity index (χ4v) is 2.94. The Labute approximate surface area is 179 Å². The van der Waals surface area contributed by atoms with Gasteiger partial charge in [-0.1, -0.05) is 0 Å². The van der Waals surface area contributed by atoms with E-state index in [2.05, 4.69) is 50.3 Å². The van der Waals surface area contributed by atoms with E-state index in [0.717, 1.165) is 44.8 Å². The summed E-state index contributed by atoms with van der Waals surface area (Å²) < 4.78 is 17.0. The Kier molecular flexibility index (Phi) is 6.55. The van der Waals surface area contributed by atoms with Crippen LogP contribution < -0.4 is 0 Å². The third-order valence-electron chi connectivity index (χ3n) is 4.04. The average molecular weight is 454 g/mol. The van der Waals surface area contributed by atoms with Crippen molar-refractivity contribution < 1.29 is 42.8 Å². The number of fused-ring (bicyclic) bond motifs is 8. The molecule has 3 aromatic rings. The number of hydrogen-bond donors (Lipinski definition) is 2. The van der Waals surface area contributed by atoms with E-state index in [1.54, 1.807) is 0 Å². The number of rotatable bonds is 0. The Balaban J connectivity index is 0.000000531. The van der Waals surface area contributed by atoms with Gasteiger partial charge in [0.2, 0.25) is 0 Å². The maximum atomic E-state index is 8.50. The van der Waals surface area contributed by atoms with Gasteiger partial charge in [-0.3, -0.25) is 0 Å². The maximum absolute atomic E-state index is 8.50. The van der Waals surface area contributed by atoms with E-state index in [9.17, 15) is 0 Å². The number of H-pyrrole nitrogens is 2. The molecule has 0 fully saturated rings. The summed E-state index contributed by atoms with van der Waals surface area (Å²) in [5.41, 5.74) is 7.86. The van der Waals surface area contributed by atoms with Gasteiger partial charge in [-0.25, -0.2) is 9.97 Å². The summed E-state index contributed by atoms with van der Waals surface area (Å²) >= 11 is -2.00. The van der Waals surface area contributed by atoms with Crippen molar-refractivity contribution in [3.8, 4) is 0 Å². The zero-order valence-electron chi connectivity index (χ0n) is 14.4. The third-order valence-corrected chi connectivity index (χ3v) is 4.04. The van der Waals surface area contributed by atoms with E-state index in [1.807, 2.05) is 42.5 Å². The number of nitrogens with zero attached hydrogens (tertiary/aromatic N) is 2. The van der Waals surface area contributed by atoms with Crippen molar-refractivity contribution in [3.63, 3.8) is 0 Å². The molecule has 6 nitrogen and oxygen atoms in total. The first-order valence-corrected chi connectivity index (χ1v) is 9.53. The summed E-state index contributed by atoms with van der Waals surface area (Å²) in [5.74, 6) is 0. The first kappa shape index (κ1) is 20.2. The predicted octanol–water partition coefficient (Wildman–Crippen LogP) is 4.41. The number of aromatic amines is 2. The normalized spacial score (nSPS) is 11.1. The third kappa shape index (κ3) is 4.83. The second-order valence-electron chi connectivity index (χ2n) is 5.99. The van der Waals surface area contributed by atoms with E-state index in [0.29, 0.717) is 0 Å². The van der Waals surface area contributed by atoms with Gasteiger partial charge in [0, 0.05) is 39.1 Å². The molecule has 2 aliphatic heterocycles. The summed E-state index contributed by atoms with van der Waals surface area (Å²) in [7, 11) is 0. The summed E-state index contributed by atoms with van der Waals surface area (Å²) in [6, 6.07) is 16.4. The zero-order chi connectivity index (χ0) is 18.6. The molecule has 8 bridgehead atoms. The van der Waals surface area contributed by atoms with Crippen LogP contribution in [0.25, 0.3) is 46.4 Å². The molecule has 8 heteroatoms. The van der Waals surface area contributed by atoms with Gasteiger partial charge in [0.1, 0.15) is 0 Å². The fourth-order valence-electron chi connectivity index (χ4n) is 2.94. The van der Waals surface area contributed by atoms with Crippen LogP contribution in [0.15, 0.2) is 48.5 Å². The fraction of sp³-hybridized carbons (Fsp3) is 0. The van der Waals surface area contributed by atoms with Gasteiger partial charge >= 0.3 is 25.7 Å². The van der Waals surface area contributed by atoms with Crippen molar-refractivity contribution in [2.45, 2.75) is 0 Å². The molecule has 0 atom stereocenters. The Bertz CT molecular complexity index is 1180. The average Bonchev–Trinajstić information content (AvgIpc) is 3.41. The Morgan fingerprint density at radius 1 is 0.571 bits per heavy atom. The molecule has 28 heavy (non-hydrogen) atoms. The Hall–Kier alpha value is -2.57. The predicted molar refractivity (Wildman–Crippen MR) is 100 cm³/mol. The molecule has 2 aliphatic rings. The molecule has 0 spiro atoms. The Morgan fingerprint density at radius 3 is 1.29 bits per heavy atom. The van der Waals surface area contributed by atoms with Crippen LogP contribution >= 0.6 is 0 Å². The quantitative estimate of drug-likeness (QED) is 0.340. The van der Waals surface area contributed by atoms with Gasteiger partial charge in [-0.2, -0.15) is 0 Å². The van der Waals surface area contributed by atoms with E-state index >= 15 is 0 Å². The molecule has 0 saturated carbocycles. The molecule has 0 aromatic carbocycles. The van der Waals surface area contributed by atoms with Gasteiger partial charge < -0.3 is 9.97 Å². The molecule has 141 valence electrons. The van der Waals surface area contributed by atoms with Gasteiger partial charge in [0.15, 0.2) is 0 Å². The molecular weight excluding hydrogens is 440 g/mol. The SMILES string of the molecule is C1=Cc2cc3ccc(cc4ccc(cc5nc(cc1n2)C=C5)[nH]4)[nH]3.[Cu].[O]=[Ti]=[O]. The number of hydrogen-bond acceptors (Lipinski definition) is 4. The number of aromatic nitrogens is 4. The van der Waals surface area contributed by atoms with E-state index in [-0.39, 0.29) is 17.1 Å². The number of nitrogens with one attached hydrogen (secondary N) is 2. The van der Waals surface area contributed by atoms with Crippen molar-refractivity contribution >= 4 is 46.4 Å².